The Kier molecular flexibility index (Phi) is 7.31. The van der Waals surface area contributed by atoms with E-state index in [1.807, 2.05) is 19.9 Å². The van der Waals surface area contributed by atoms with E-state index in [4.69, 9.17) is 9.47 Å². The largest absolute Gasteiger partial charge is 0.490 e. The average molecular weight is 307 g/mol. The Morgan fingerprint density at radius 1 is 1.14 bits per heavy atom. The molecule has 0 aliphatic heterocycles. The van der Waals surface area contributed by atoms with Gasteiger partial charge in [0.25, 0.3) is 0 Å². The average Bonchev–Trinajstić information content (AvgIpc) is 2.42. The molecule has 4 nitrogen and oxygen atoms in total. The summed E-state index contributed by atoms with van der Waals surface area (Å²) in [5, 5.41) is 3.13. The molecule has 120 valence electrons. The maximum Gasteiger partial charge on any atom is 0.411 e. The second kappa shape index (κ2) is 8.74. The van der Waals surface area contributed by atoms with Gasteiger partial charge in [-0.3, -0.25) is 0 Å². The molecule has 0 aliphatic carbocycles. The van der Waals surface area contributed by atoms with E-state index in [2.05, 4.69) is 10.1 Å². The topological polar surface area (TPSA) is 39.7 Å². The Morgan fingerprint density at radius 2 is 1.90 bits per heavy atom. The quantitative estimate of drug-likeness (QED) is 0.562. The monoisotopic (exact) mass is 307 g/mol. The van der Waals surface area contributed by atoms with Crippen LogP contribution in [0.2, 0.25) is 0 Å². The highest BCUT2D eigenvalue weighted by atomic mass is 19.4. The van der Waals surface area contributed by atoms with E-state index >= 15 is 0 Å². The molecule has 0 atom stereocenters. The fourth-order valence-corrected chi connectivity index (χ4v) is 1.65. The van der Waals surface area contributed by atoms with Crippen LogP contribution < -0.4 is 14.8 Å². The second-order valence-corrected chi connectivity index (χ2v) is 4.18. The number of nitrogens with one attached hydrogen (secondary N) is 1. The SMILES string of the molecule is CCNCc1cccc(OCC)c1OCOCC(F)(F)F. The summed E-state index contributed by atoms with van der Waals surface area (Å²) in [7, 11) is 0. The molecule has 0 saturated carbocycles. The van der Waals surface area contributed by atoms with E-state index in [-0.39, 0.29) is 0 Å². The lowest BCUT2D eigenvalue weighted by molar-refractivity contribution is -0.186. The number of ether oxygens (including phenoxy) is 3. The number of hydrogen-bond acceptors (Lipinski definition) is 4. The molecule has 0 amide bonds. The third-order valence-electron chi connectivity index (χ3n) is 2.48. The maximum absolute atomic E-state index is 12.0. The molecule has 7 heteroatoms. The number of hydrogen-bond donors (Lipinski definition) is 1. The van der Waals surface area contributed by atoms with E-state index in [0.29, 0.717) is 24.7 Å². The molecule has 1 aromatic carbocycles. The molecule has 0 aromatic heterocycles. The smallest absolute Gasteiger partial charge is 0.411 e. The first-order valence-electron chi connectivity index (χ1n) is 6.70. The summed E-state index contributed by atoms with van der Waals surface area (Å²) in [6.45, 7) is 3.69. The Hall–Kier alpha value is -1.47. The van der Waals surface area contributed by atoms with Crippen LogP contribution >= 0.6 is 0 Å². The van der Waals surface area contributed by atoms with Gasteiger partial charge in [-0.1, -0.05) is 19.1 Å². The Balaban J connectivity index is 2.70. The minimum absolute atomic E-state index is 0.405. The van der Waals surface area contributed by atoms with Crippen LogP contribution in [0.4, 0.5) is 13.2 Å². The minimum Gasteiger partial charge on any atom is -0.490 e. The molecule has 0 fully saturated rings. The van der Waals surface area contributed by atoms with Crippen LogP contribution in [0.5, 0.6) is 11.5 Å². The lowest BCUT2D eigenvalue weighted by atomic mass is 10.2. The van der Waals surface area contributed by atoms with Crippen molar-refractivity contribution in [2.75, 3.05) is 26.6 Å². The molecule has 1 N–H and O–H groups in total. The summed E-state index contributed by atoms with van der Waals surface area (Å²) >= 11 is 0. The standard InChI is InChI=1S/C14H20F3NO3/c1-3-18-8-11-6-5-7-12(20-4-2)13(11)21-10-19-9-14(15,16)17/h5-7,18H,3-4,8-10H2,1-2H3. The molecule has 0 radical (unpaired) electrons. The lowest BCUT2D eigenvalue weighted by Gasteiger charge is -2.16. The fraction of sp³-hybridized carbons (Fsp3) is 0.571. The molecule has 21 heavy (non-hydrogen) atoms. The van der Waals surface area contributed by atoms with E-state index in [9.17, 15) is 13.2 Å². The van der Waals surface area contributed by atoms with Crippen molar-refractivity contribution in [3.63, 3.8) is 0 Å². The molecule has 0 aliphatic rings. The highest BCUT2D eigenvalue weighted by Gasteiger charge is 2.27. The van der Waals surface area contributed by atoms with Crippen LogP contribution in [0, 0.1) is 0 Å². The molecular formula is C14H20F3NO3. The Labute approximate surface area is 122 Å². The highest BCUT2D eigenvalue weighted by molar-refractivity contribution is 5.46. The minimum atomic E-state index is -4.37. The van der Waals surface area contributed by atoms with Crippen LogP contribution in [-0.2, 0) is 11.3 Å². The van der Waals surface area contributed by atoms with Crippen molar-refractivity contribution in [1.82, 2.24) is 5.32 Å². The number of halogens is 3. The molecule has 0 saturated heterocycles. The van der Waals surface area contributed by atoms with E-state index < -0.39 is 19.6 Å². The van der Waals surface area contributed by atoms with E-state index in [1.54, 1.807) is 12.1 Å². The Morgan fingerprint density at radius 3 is 2.52 bits per heavy atom. The molecule has 1 aromatic rings. The molecule has 1 rings (SSSR count). The first kappa shape index (κ1) is 17.6. The maximum atomic E-state index is 12.0. The highest BCUT2D eigenvalue weighted by Crippen LogP contribution is 2.31. The van der Waals surface area contributed by atoms with Crippen molar-refractivity contribution in [3.05, 3.63) is 23.8 Å². The van der Waals surface area contributed by atoms with Crippen LogP contribution in [0.3, 0.4) is 0 Å². The first-order valence-corrected chi connectivity index (χ1v) is 6.70. The Bertz CT molecular complexity index is 424. The summed E-state index contributed by atoms with van der Waals surface area (Å²) in [4.78, 5) is 0. The van der Waals surface area contributed by atoms with Gasteiger partial charge in [0, 0.05) is 12.1 Å². The van der Waals surface area contributed by atoms with Gasteiger partial charge < -0.3 is 19.5 Å². The van der Waals surface area contributed by atoms with Gasteiger partial charge in [0.15, 0.2) is 18.3 Å². The molecular weight excluding hydrogens is 287 g/mol. The van der Waals surface area contributed by atoms with Gasteiger partial charge in [0.05, 0.1) is 6.61 Å². The summed E-state index contributed by atoms with van der Waals surface area (Å²) in [6.07, 6.45) is -4.37. The van der Waals surface area contributed by atoms with Crippen LogP contribution in [0.25, 0.3) is 0 Å². The van der Waals surface area contributed by atoms with Gasteiger partial charge >= 0.3 is 6.18 Å². The lowest BCUT2D eigenvalue weighted by Crippen LogP contribution is -2.20. The van der Waals surface area contributed by atoms with Gasteiger partial charge in [-0.05, 0) is 19.5 Å². The van der Waals surface area contributed by atoms with Crippen molar-refractivity contribution in [3.8, 4) is 11.5 Å². The van der Waals surface area contributed by atoms with Gasteiger partial charge in [-0.15, -0.1) is 0 Å². The summed E-state index contributed by atoms with van der Waals surface area (Å²) < 4.78 is 51.3. The third kappa shape index (κ3) is 6.68. The first-order chi connectivity index (χ1) is 9.98. The van der Waals surface area contributed by atoms with Crippen molar-refractivity contribution in [2.24, 2.45) is 0 Å². The number of rotatable bonds is 9. The van der Waals surface area contributed by atoms with Crippen LogP contribution in [0.1, 0.15) is 19.4 Å². The van der Waals surface area contributed by atoms with Crippen LogP contribution in [-0.4, -0.2) is 32.7 Å². The number of para-hydroxylation sites is 1. The van der Waals surface area contributed by atoms with Crippen molar-refractivity contribution < 1.29 is 27.4 Å². The zero-order chi connectivity index (χ0) is 15.7. The summed E-state index contributed by atoms with van der Waals surface area (Å²) in [6, 6.07) is 5.34. The van der Waals surface area contributed by atoms with Crippen LogP contribution in [0.15, 0.2) is 18.2 Å². The van der Waals surface area contributed by atoms with Crippen molar-refractivity contribution in [1.29, 1.82) is 0 Å². The second-order valence-electron chi connectivity index (χ2n) is 4.18. The zero-order valence-electron chi connectivity index (χ0n) is 12.1. The normalized spacial score (nSPS) is 11.5. The van der Waals surface area contributed by atoms with Gasteiger partial charge in [-0.2, -0.15) is 13.2 Å². The fourth-order valence-electron chi connectivity index (χ4n) is 1.65. The predicted octanol–water partition coefficient (Wildman–Crippen LogP) is 3.11. The summed E-state index contributed by atoms with van der Waals surface area (Å²) in [5.41, 5.74) is 0.804. The van der Waals surface area contributed by atoms with Crippen molar-refractivity contribution in [2.45, 2.75) is 26.6 Å². The number of benzene rings is 1. The summed E-state index contributed by atoms with van der Waals surface area (Å²) in [5.74, 6) is 0.894. The number of alkyl halides is 3. The van der Waals surface area contributed by atoms with E-state index in [1.165, 1.54) is 0 Å². The third-order valence-corrected chi connectivity index (χ3v) is 2.48. The van der Waals surface area contributed by atoms with Crippen molar-refractivity contribution >= 4 is 0 Å². The predicted molar refractivity (Wildman–Crippen MR) is 72.5 cm³/mol. The van der Waals surface area contributed by atoms with Gasteiger partial charge in [0.1, 0.15) is 6.61 Å². The molecule has 0 unspecified atom stereocenters. The van der Waals surface area contributed by atoms with Gasteiger partial charge in [0.2, 0.25) is 0 Å². The molecule has 0 bridgehead atoms. The van der Waals surface area contributed by atoms with Gasteiger partial charge in [-0.25, -0.2) is 0 Å². The zero-order valence-corrected chi connectivity index (χ0v) is 12.1. The molecule has 0 spiro atoms. The molecule has 0 heterocycles. The van der Waals surface area contributed by atoms with E-state index in [0.717, 1.165) is 12.1 Å².